The van der Waals surface area contributed by atoms with E-state index in [1.54, 1.807) is 13.3 Å². The minimum Gasteiger partial charge on any atom is -0.481 e. The van der Waals surface area contributed by atoms with Crippen LogP contribution in [0.3, 0.4) is 0 Å². The molecule has 2 aromatic carbocycles. The van der Waals surface area contributed by atoms with E-state index in [9.17, 15) is 0 Å². The normalized spacial score (nSPS) is 14.8. The van der Waals surface area contributed by atoms with Gasteiger partial charge < -0.3 is 14.6 Å². The van der Waals surface area contributed by atoms with Gasteiger partial charge in [-0.05, 0) is 62.2 Å². The largest absolute Gasteiger partial charge is 0.481 e. The Bertz CT molecular complexity index is 1560. The van der Waals surface area contributed by atoms with E-state index in [0.29, 0.717) is 11.9 Å². The van der Waals surface area contributed by atoms with E-state index in [1.165, 1.54) is 24.8 Å². The fourth-order valence-corrected chi connectivity index (χ4v) is 5.16. The van der Waals surface area contributed by atoms with Crippen LogP contribution in [0.25, 0.3) is 28.1 Å². The molecule has 6 rings (SSSR count). The third-order valence-electron chi connectivity index (χ3n) is 7.11. The molecule has 0 bridgehead atoms. The molecule has 0 unspecified atom stereocenters. The first-order valence-corrected chi connectivity index (χ1v) is 13.0. The lowest BCUT2D eigenvalue weighted by molar-refractivity contribution is 0.398. The molecule has 0 spiro atoms. The summed E-state index contributed by atoms with van der Waals surface area (Å²) in [6.45, 7) is 2.12. The summed E-state index contributed by atoms with van der Waals surface area (Å²) in [5.41, 5.74) is 8.13. The molecular weight excluding hydrogens is 458 g/mol. The number of hydrogen-bond donors (Lipinski definition) is 1. The second-order valence-corrected chi connectivity index (χ2v) is 9.76. The van der Waals surface area contributed by atoms with E-state index in [0.717, 1.165) is 57.7 Å². The lowest BCUT2D eigenvalue weighted by Crippen LogP contribution is -2.19. The summed E-state index contributed by atoms with van der Waals surface area (Å²) in [6, 6.07) is 25.5. The van der Waals surface area contributed by atoms with Crippen molar-refractivity contribution >= 4 is 22.4 Å². The van der Waals surface area contributed by atoms with Crippen LogP contribution < -0.4 is 15.4 Å². The highest BCUT2D eigenvalue weighted by Crippen LogP contribution is 2.31. The average molecular weight is 490 g/mol. The SMILES string of the molecule is COc1ccc(Nc2cc3nc4ccccc4n(-c4ccc(C)cc4)c-3cc2=NC2CCCCC2)cn1. The minimum atomic E-state index is 0.335. The van der Waals surface area contributed by atoms with Gasteiger partial charge in [0.15, 0.2) is 0 Å². The molecule has 6 nitrogen and oxygen atoms in total. The fourth-order valence-electron chi connectivity index (χ4n) is 5.16. The first-order chi connectivity index (χ1) is 18.2. The van der Waals surface area contributed by atoms with E-state index in [4.69, 9.17) is 14.7 Å². The number of methoxy groups -OCH3 is 1. The number of ether oxygens (including phenoxy) is 1. The smallest absolute Gasteiger partial charge is 0.213 e. The summed E-state index contributed by atoms with van der Waals surface area (Å²) in [5, 5.41) is 4.51. The van der Waals surface area contributed by atoms with Crippen molar-refractivity contribution in [2.45, 2.75) is 45.1 Å². The number of pyridine rings is 1. The number of nitrogens with zero attached hydrogens (tertiary/aromatic N) is 4. The average Bonchev–Trinajstić information content (AvgIpc) is 2.94. The molecule has 186 valence electrons. The third-order valence-corrected chi connectivity index (χ3v) is 7.11. The molecule has 37 heavy (non-hydrogen) atoms. The Morgan fingerprint density at radius 1 is 0.946 bits per heavy atom. The molecular formula is C31H31N5O. The number of anilines is 2. The van der Waals surface area contributed by atoms with Crippen LogP contribution in [0.5, 0.6) is 5.88 Å². The van der Waals surface area contributed by atoms with Crippen LogP contribution in [0.2, 0.25) is 0 Å². The Balaban J connectivity index is 1.58. The van der Waals surface area contributed by atoms with Crippen LogP contribution in [0, 0.1) is 6.92 Å². The Hall–Kier alpha value is -4.19. The van der Waals surface area contributed by atoms with Gasteiger partial charge in [-0.15, -0.1) is 0 Å². The molecule has 0 amide bonds. The lowest BCUT2D eigenvalue weighted by atomic mass is 9.96. The van der Waals surface area contributed by atoms with Gasteiger partial charge in [-0.1, -0.05) is 49.1 Å². The van der Waals surface area contributed by atoms with Crippen LogP contribution >= 0.6 is 0 Å². The standard InChI is InChI=1S/C31H31N5O/c1-21-12-15-24(16-13-21)36-29-11-7-6-10-25(29)35-28-18-26(34-23-14-17-31(37-2)32-20-23)27(19-30(28)36)33-22-8-4-3-5-9-22/h6-7,10-20,22,34H,3-5,8-9H2,1-2H3. The number of benzene rings is 3. The summed E-state index contributed by atoms with van der Waals surface area (Å²) in [5.74, 6) is 0.587. The first kappa shape index (κ1) is 23.2. The van der Waals surface area contributed by atoms with E-state index < -0.39 is 0 Å². The van der Waals surface area contributed by atoms with Crippen molar-refractivity contribution in [1.29, 1.82) is 0 Å². The topological polar surface area (TPSA) is 64.3 Å². The number of aromatic nitrogens is 3. The van der Waals surface area contributed by atoms with Crippen molar-refractivity contribution in [3.05, 3.63) is 89.9 Å². The number of fused-ring (bicyclic) bond motifs is 2. The summed E-state index contributed by atoms with van der Waals surface area (Å²) < 4.78 is 7.54. The fraction of sp³-hybridized carbons (Fsp3) is 0.258. The van der Waals surface area contributed by atoms with Gasteiger partial charge in [-0.25, -0.2) is 9.97 Å². The highest BCUT2D eigenvalue weighted by atomic mass is 16.5. The van der Waals surface area contributed by atoms with Gasteiger partial charge in [0.25, 0.3) is 0 Å². The van der Waals surface area contributed by atoms with Crippen molar-refractivity contribution in [2.24, 2.45) is 4.99 Å². The van der Waals surface area contributed by atoms with Crippen LogP contribution in [-0.2, 0) is 0 Å². The minimum absolute atomic E-state index is 0.335. The first-order valence-electron chi connectivity index (χ1n) is 13.0. The Labute approximate surface area is 217 Å². The molecule has 0 saturated heterocycles. The van der Waals surface area contributed by atoms with E-state index in [-0.39, 0.29) is 0 Å². The predicted molar refractivity (Wildman–Crippen MR) is 149 cm³/mol. The maximum atomic E-state index is 5.28. The van der Waals surface area contributed by atoms with Gasteiger partial charge in [0.05, 0.1) is 58.5 Å². The zero-order chi connectivity index (χ0) is 25.2. The van der Waals surface area contributed by atoms with E-state index >= 15 is 0 Å². The predicted octanol–water partition coefficient (Wildman–Crippen LogP) is 6.82. The number of aryl methyl sites for hydroxylation is 1. The monoisotopic (exact) mass is 489 g/mol. The highest BCUT2D eigenvalue weighted by molar-refractivity contribution is 5.84. The Kier molecular flexibility index (Phi) is 6.31. The van der Waals surface area contributed by atoms with Crippen molar-refractivity contribution < 1.29 is 4.74 Å². The number of hydrogen-bond acceptors (Lipinski definition) is 5. The van der Waals surface area contributed by atoms with Crippen molar-refractivity contribution in [2.75, 3.05) is 12.4 Å². The molecule has 1 fully saturated rings. The molecule has 0 radical (unpaired) electrons. The summed E-state index contributed by atoms with van der Waals surface area (Å²) in [6.07, 6.45) is 7.83. The van der Waals surface area contributed by atoms with E-state index in [2.05, 4.69) is 76.4 Å². The van der Waals surface area contributed by atoms with Gasteiger partial charge in [0, 0.05) is 11.8 Å². The highest BCUT2D eigenvalue weighted by Gasteiger charge is 2.18. The number of para-hydroxylation sites is 2. The second-order valence-electron chi connectivity index (χ2n) is 9.76. The molecule has 2 heterocycles. The molecule has 1 N–H and O–H groups in total. The zero-order valence-corrected chi connectivity index (χ0v) is 21.3. The second kappa shape index (κ2) is 10.1. The van der Waals surface area contributed by atoms with E-state index in [1.807, 2.05) is 18.2 Å². The van der Waals surface area contributed by atoms with Gasteiger partial charge in [0.1, 0.15) is 0 Å². The van der Waals surface area contributed by atoms with Crippen LogP contribution in [0.1, 0.15) is 37.7 Å². The maximum Gasteiger partial charge on any atom is 0.213 e. The maximum absolute atomic E-state index is 5.28. The Morgan fingerprint density at radius 3 is 2.51 bits per heavy atom. The van der Waals surface area contributed by atoms with Gasteiger partial charge in [-0.2, -0.15) is 0 Å². The van der Waals surface area contributed by atoms with Gasteiger partial charge >= 0.3 is 0 Å². The number of rotatable bonds is 5. The summed E-state index contributed by atoms with van der Waals surface area (Å²) in [4.78, 5) is 14.7. The molecule has 3 aromatic rings. The van der Waals surface area contributed by atoms with Crippen molar-refractivity contribution in [3.8, 4) is 23.0 Å². The molecule has 0 atom stereocenters. The molecule has 6 heteroatoms. The third kappa shape index (κ3) is 4.79. The van der Waals surface area contributed by atoms with Crippen LogP contribution in [-0.4, -0.2) is 27.7 Å². The summed E-state index contributed by atoms with van der Waals surface area (Å²) >= 11 is 0. The lowest BCUT2D eigenvalue weighted by Gasteiger charge is -2.22. The van der Waals surface area contributed by atoms with Crippen LogP contribution in [0.15, 0.2) is 84.0 Å². The summed E-state index contributed by atoms with van der Waals surface area (Å²) in [7, 11) is 1.62. The molecule has 1 aliphatic heterocycles. The van der Waals surface area contributed by atoms with Crippen molar-refractivity contribution in [3.63, 3.8) is 0 Å². The quantitative estimate of drug-likeness (QED) is 0.275. The van der Waals surface area contributed by atoms with Gasteiger partial charge in [-0.3, -0.25) is 4.99 Å². The molecule has 1 aromatic heterocycles. The van der Waals surface area contributed by atoms with Crippen LogP contribution in [0.4, 0.5) is 11.4 Å². The zero-order valence-electron chi connectivity index (χ0n) is 21.3. The molecule has 2 aliphatic carbocycles. The molecule has 3 aliphatic rings. The van der Waals surface area contributed by atoms with Crippen molar-refractivity contribution in [1.82, 2.24) is 14.5 Å². The molecule has 1 saturated carbocycles. The van der Waals surface area contributed by atoms with Gasteiger partial charge in [0.2, 0.25) is 5.88 Å². The Morgan fingerprint density at radius 2 is 1.76 bits per heavy atom. The number of nitrogens with one attached hydrogen (secondary N) is 1.